The molecular formula is C23H26N2O3S. The number of sulfonamides is 1. The molecule has 0 aliphatic heterocycles. The number of nitrogens with zero attached hydrogens (tertiary/aromatic N) is 1. The van der Waals surface area contributed by atoms with Crippen LogP contribution in [0.15, 0.2) is 71.6 Å². The summed E-state index contributed by atoms with van der Waals surface area (Å²) < 4.78 is 26.8. The Morgan fingerprint density at radius 1 is 1.00 bits per heavy atom. The van der Waals surface area contributed by atoms with E-state index in [0.29, 0.717) is 11.6 Å². The van der Waals surface area contributed by atoms with E-state index in [1.807, 2.05) is 48.5 Å². The van der Waals surface area contributed by atoms with Crippen molar-refractivity contribution in [3.05, 3.63) is 72.3 Å². The highest BCUT2D eigenvalue weighted by Crippen LogP contribution is 2.22. The molecule has 29 heavy (non-hydrogen) atoms. The number of hydrogen-bond donors (Lipinski definition) is 1. The molecular weight excluding hydrogens is 384 g/mol. The van der Waals surface area contributed by atoms with Crippen molar-refractivity contribution in [2.24, 2.45) is 0 Å². The van der Waals surface area contributed by atoms with E-state index in [1.165, 1.54) is 12.6 Å². The molecule has 3 rings (SSSR count). The van der Waals surface area contributed by atoms with E-state index in [1.54, 1.807) is 18.2 Å². The predicted octanol–water partition coefficient (Wildman–Crippen LogP) is 4.61. The van der Waals surface area contributed by atoms with Crippen LogP contribution in [0.3, 0.4) is 0 Å². The van der Waals surface area contributed by atoms with Gasteiger partial charge in [0.1, 0.15) is 0 Å². The molecule has 0 spiro atoms. The minimum Gasteiger partial charge on any atom is -0.325 e. The molecule has 0 aliphatic carbocycles. The summed E-state index contributed by atoms with van der Waals surface area (Å²) >= 11 is 0. The lowest BCUT2D eigenvalue weighted by molar-refractivity contribution is -0.116. The van der Waals surface area contributed by atoms with E-state index in [0.717, 1.165) is 21.5 Å². The zero-order chi connectivity index (χ0) is 21.0. The van der Waals surface area contributed by atoms with Crippen LogP contribution in [0.25, 0.3) is 10.8 Å². The van der Waals surface area contributed by atoms with Gasteiger partial charge in [0.15, 0.2) is 0 Å². The predicted molar refractivity (Wildman–Crippen MR) is 118 cm³/mol. The molecule has 0 saturated carbocycles. The fraction of sp³-hybridized carbons (Fsp3) is 0.261. The zero-order valence-corrected chi connectivity index (χ0v) is 17.7. The molecule has 0 fully saturated rings. The van der Waals surface area contributed by atoms with Gasteiger partial charge in [-0.1, -0.05) is 56.3 Å². The topological polar surface area (TPSA) is 66.5 Å². The Labute approximate surface area is 172 Å². The number of benzene rings is 3. The van der Waals surface area contributed by atoms with Crippen molar-refractivity contribution < 1.29 is 13.2 Å². The number of amides is 1. The molecule has 0 heterocycles. The van der Waals surface area contributed by atoms with Gasteiger partial charge in [0, 0.05) is 12.7 Å². The van der Waals surface area contributed by atoms with Crippen molar-refractivity contribution in [3.63, 3.8) is 0 Å². The number of carbonyl (C=O) groups is 1. The number of carbonyl (C=O) groups excluding carboxylic acids is 1. The fourth-order valence-electron chi connectivity index (χ4n) is 3.13. The minimum absolute atomic E-state index is 0.171. The normalized spacial score (nSPS) is 12.8. The molecule has 0 saturated heterocycles. The summed E-state index contributed by atoms with van der Waals surface area (Å²) in [4.78, 5) is 12.5. The van der Waals surface area contributed by atoms with Crippen molar-refractivity contribution in [3.8, 4) is 0 Å². The maximum atomic E-state index is 12.9. The molecule has 6 heteroatoms. The number of hydrogen-bond acceptors (Lipinski definition) is 3. The summed E-state index contributed by atoms with van der Waals surface area (Å²) in [6, 6.07) is 20.2. The average Bonchev–Trinajstić information content (AvgIpc) is 2.73. The molecule has 3 aromatic rings. The van der Waals surface area contributed by atoms with Gasteiger partial charge in [0.25, 0.3) is 0 Å². The third kappa shape index (κ3) is 4.83. The van der Waals surface area contributed by atoms with Gasteiger partial charge in [-0.15, -0.1) is 0 Å². The number of rotatable bonds is 7. The van der Waals surface area contributed by atoms with E-state index in [4.69, 9.17) is 0 Å². The summed E-state index contributed by atoms with van der Waals surface area (Å²) in [5, 5.41) is 4.57. The van der Waals surface area contributed by atoms with Crippen LogP contribution in [0.1, 0.15) is 31.7 Å². The number of anilines is 1. The quantitative estimate of drug-likeness (QED) is 0.618. The van der Waals surface area contributed by atoms with Crippen molar-refractivity contribution in [1.82, 2.24) is 4.31 Å². The first-order chi connectivity index (χ1) is 13.8. The highest BCUT2D eigenvalue weighted by Gasteiger charge is 2.23. The molecule has 1 unspecified atom stereocenters. The SMILES string of the molecule is CCC(C)c1ccc(NC(=O)CN(C)S(=O)(=O)c2ccc3ccccc3c2)cc1. The van der Waals surface area contributed by atoms with Gasteiger partial charge in [-0.2, -0.15) is 4.31 Å². The fourth-order valence-corrected chi connectivity index (χ4v) is 4.29. The van der Waals surface area contributed by atoms with Crippen molar-refractivity contribution in [2.45, 2.75) is 31.1 Å². The van der Waals surface area contributed by atoms with Gasteiger partial charge < -0.3 is 5.32 Å². The van der Waals surface area contributed by atoms with Crippen LogP contribution in [0.4, 0.5) is 5.69 Å². The smallest absolute Gasteiger partial charge is 0.243 e. The lowest BCUT2D eigenvalue weighted by Crippen LogP contribution is -2.34. The Hall–Kier alpha value is -2.70. The molecule has 0 aliphatic rings. The standard InChI is InChI=1S/C23H26N2O3S/c1-4-17(2)18-9-12-21(13-10-18)24-23(26)16-25(3)29(27,28)22-14-11-19-7-5-6-8-20(19)15-22/h5-15,17H,4,16H2,1-3H3,(H,24,26). The third-order valence-electron chi connectivity index (χ3n) is 5.17. The van der Waals surface area contributed by atoms with Crippen LogP contribution < -0.4 is 5.32 Å². The lowest BCUT2D eigenvalue weighted by Gasteiger charge is -2.17. The molecule has 0 radical (unpaired) electrons. The first-order valence-corrected chi connectivity index (χ1v) is 11.1. The van der Waals surface area contributed by atoms with E-state index in [2.05, 4.69) is 19.2 Å². The summed E-state index contributed by atoms with van der Waals surface area (Å²) in [5.41, 5.74) is 1.86. The Morgan fingerprint density at radius 2 is 1.66 bits per heavy atom. The number of fused-ring (bicyclic) bond motifs is 1. The Bertz CT molecular complexity index is 1110. The van der Waals surface area contributed by atoms with Gasteiger partial charge in [-0.25, -0.2) is 8.42 Å². The molecule has 1 N–H and O–H groups in total. The molecule has 3 aromatic carbocycles. The van der Waals surface area contributed by atoms with Gasteiger partial charge in [0.2, 0.25) is 15.9 Å². The largest absolute Gasteiger partial charge is 0.325 e. The molecule has 0 bridgehead atoms. The average molecular weight is 411 g/mol. The van der Waals surface area contributed by atoms with Gasteiger partial charge in [-0.3, -0.25) is 4.79 Å². The molecule has 1 amide bonds. The third-order valence-corrected chi connectivity index (χ3v) is 6.97. The summed E-state index contributed by atoms with van der Waals surface area (Å²) in [7, 11) is -2.35. The van der Waals surface area contributed by atoms with Gasteiger partial charge in [-0.05, 0) is 52.9 Å². The summed E-state index contributed by atoms with van der Waals surface area (Å²) in [6.07, 6.45) is 1.04. The van der Waals surface area contributed by atoms with E-state index in [9.17, 15) is 13.2 Å². The number of likely N-dealkylation sites (N-methyl/N-ethyl adjacent to an activating group) is 1. The van der Waals surface area contributed by atoms with E-state index in [-0.39, 0.29) is 17.3 Å². The van der Waals surface area contributed by atoms with Crippen molar-refractivity contribution >= 4 is 32.4 Å². The highest BCUT2D eigenvalue weighted by atomic mass is 32.2. The van der Waals surface area contributed by atoms with Gasteiger partial charge >= 0.3 is 0 Å². The van der Waals surface area contributed by atoms with E-state index < -0.39 is 10.0 Å². The van der Waals surface area contributed by atoms with Crippen LogP contribution in [0.2, 0.25) is 0 Å². The van der Waals surface area contributed by atoms with E-state index >= 15 is 0 Å². The maximum absolute atomic E-state index is 12.9. The first-order valence-electron chi connectivity index (χ1n) is 9.66. The zero-order valence-electron chi connectivity index (χ0n) is 16.9. The molecule has 152 valence electrons. The second kappa shape index (κ2) is 8.76. The van der Waals surface area contributed by atoms with Crippen molar-refractivity contribution in [2.75, 3.05) is 18.9 Å². The van der Waals surface area contributed by atoms with Crippen LogP contribution in [-0.4, -0.2) is 32.2 Å². The van der Waals surface area contributed by atoms with Crippen LogP contribution >= 0.6 is 0 Å². The lowest BCUT2D eigenvalue weighted by atomic mass is 9.99. The van der Waals surface area contributed by atoms with Crippen LogP contribution in [0.5, 0.6) is 0 Å². The Morgan fingerprint density at radius 3 is 2.31 bits per heavy atom. The maximum Gasteiger partial charge on any atom is 0.243 e. The monoisotopic (exact) mass is 410 g/mol. The summed E-state index contributed by atoms with van der Waals surface area (Å²) in [6.45, 7) is 4.02. The van der Waals surface area contributed by atoms with Crippen molar-refractivity contribution in [1.29, 1.82) is 0 Å². The highest BCUT2D eigenvalue weighted by molar-refractivity contribution is 7.89. The van der Waals surface area contributed by atoms with Crippen LogP contribution in [0, 0.1) is 0 Å². The molecule has 5 nitrogen and oxygen atoms in total. The first kappa shape index (κ1) is 21.0. The Balaban J connectivity index is 1.69. The minimum atomic E-state index is -3.77. The second-order valence-corrected chi connectivity index (χ2v) is 9.29. The second-order valence-electron chi connectivity index (χ2n) is 7.25. The van der Waals surface area contributed by atoms with Crippen LogP contribution in [-0.2, 0) is 14.8 Å². The summed E-state index contributed by atoms with van der Waals surface area (Å²) in [5.74, 6) is 0.0751. The van der Waals surface area contributed by atoms with Gasteiger partial charge in [0.05, 0.1) is 11.4 Å². The molecule has 1 atom stereocenters. The Kier molecular flexibility index (Phi) is 6.35. The molecule has 0 aromatic heterocycles. The number of nitrogens with one attached hydrogen (secondary N) is 1.